The number of hydrogen-bond donors (Lipinski definition) is 4. The average Bonchev–Trinajstić information content (AvgIpc) is 3.37. The molecule has 0 unspecified atom stereocenters. The zero-order valence-electron chi connectivity index (χ0n) is 27.3. The van der Waals surface area contributed by atoms with E-state index in [-0.39, 0.29) is 23.3 Å². The molecule has 0 aromatic heterocycles. The van der Waals surface area contributed by atoms with Crippen LogP contribution < -0.4 is 16.0 Å². The Hall–Kier alpha value is -4.97. The Bertz CT molecular complexity index is 1730. The summed E-state index contributed by atoms with van der Waals surface area (Å²) in [4.78, 5) is 51.4. The number of rotatable bonds is 14. The average molecular weight is 676 g/mol. The first-order valence-corrected chi connectivity index (χ1v) is 17.3. The Morgan fingerprint density at radius 2 is 1.25 bits per heavy atom. The molecule has 0 radical (unpaired) electrons. The van der Waals surface area contributed by atoms with E-state index >= 15 is 0 Å². The maximum atomic E-state index is 13.5. The van der Waals surface area contributed by atoms with Crippen LogP contribution in [0.15, 0.2) is 95.2 Å². The van der Waals surface area contributed by atoms with Crippen LogP contribution in [-0.2, 0) is 29.0 Å². The van der Waals surface area contributed by atoms with Gasteiger partial charge in [-0.15, -0.1) is 0 Å². The molecule has 0 spiro atoms. The van der Waals surface area contributed by atoms with E-state index in [9.17, 15) is 32.7 Å². The van der Waals surface area contributed by atoms with Crippen LogP contribution >= 0.6 is 0 Å². The zero-order chi connectivity index (χ0) is 35.0. The number of carbonyl (C=O) groups excluding carboxylic acids is 3. The van der Waals surface area contributed by atoms with Crippen LogP contribution in [0.2, 0.25) is 0 Å². The number of amides is 3. The normalized spacial score (nSPS) is 14.5. The van der Waals surface area contributed by atoms with Gasteiger partial charge >= 0.3 is 12.1 Å². The first-order valence-electron chi connectivity index (χ1n) is 15.7. The summed E-state index contributed by atoms with van der Waals surface area (Å²) in [6.07, 6.45) is -0.283. The predicted molar refractivity (Wildman–Crippen MR) is 181 cm³/mol. The van der Waals surface area contributed by atoms with Gasteiger partial charge in [0.2, 0.25) is 11.8 Å². The number of alkyl carbamates (subject to hydrolysis) is 1. The van der Waals surface area contributed by atoms with Crippen LogP contribution in [0.5, 0.6) is 0 Å². The molecule has 12 heteroatoms. The van der Waals surface area contributed by atoms with Crippen LogP contribution in [0, 0.1) is 11.8 Å². The largest absolute Gasteiger partial charge is 0.481 e. The number of fused-ring (bicyclic) bond motifs is 3. The van der Waals surface area contributed by atoms with Crippen LogP contribution in [0.25, 0.3) is 11.1 Å². The molecule has 0 aliphatic heterocycles. The molecule has 3 amide bonds. The number of carbonyl (C=O) groups is 4. The van der Waals surface area contributed by atoms with E-state index in [1.165, 1.54) is 12.1 Å². The van der Waals surface area contributed by atoms with Gasteiger partial charge in [-0.1, -0.05) is 94.4 Å². The lowest BCUT2D eigenvalue weighted by Gasteiger charge is -2.28. The van der Waals surface area contributed by atoms with Crippen molar-refractivity contribution in [2.24, 2.45) is 11.8 Å². The van der Waals surface area contributed by atoms with Gasteiger partial charge in [-0.05, 0) is 52.3 Å². The van der Waals surface area contributed by atoms with Crippen molar-refractivity contribution in [3.8, 4) is 11.1 Å². The van der Waals surface area contributed by atoms with Crippen LogP contribution in [0.1, 0.15) is 51.2 Å². The summed E-state index contributed by atoms with van der Waals surface area (Å²) in [6.45, 7) is 6.91. The summed E-state index contributed by atoms with van der Waals surface area (Å²) in [5.41, 5.74) is 4.25. The van der Waals surface area contributed by atoms with Crippen molar-refractivity contribution in [3.05, 3.63) is 101 Å². The Labute approximate surface area is 280 Å². The fraction of sp³-hybridized carbons (Fsp3) is 0.333. The summed E-state index contributed by atoms with van der Waals surface area (Å²) < 4.78 is 31.0. The zero-order valence-corrected chi connectivity index (χ0v) is 28.1. The van der Waals surface area contributed by atoms with Gasteiger partial charge in [0.15, 0.2) is 9.84 Å². The predicted octanol–water partition coefficient (Wildman–Crippen LogP) is 4.64. The van der Waals surface area contributed by atoms with Gasteiger partial charge < -0.3 is 25.8 Å². The van der Waals surface area contributed by atoms with Crippen molar-refractivity contribution in [3.63, 3.8) is 0 Å². The third kappa shape index (κ3) is 8.88. The number of carboxylic acids is 1. The van der Waals surface area contributed by atoms with E-state index in [1.807, 2.05) is 48.5 Å². The Balaban J connectivity index is 1.41. The summed E-state index contributed by atoms with van der Waals surface area (Å²) >= 11 is 0. The first kappa shape index (κ1) is 35.9. The fourth-order valence-electron chi connectivity index (χ4n) is 5.59. The highest BCUT2D eigenvalue weighted by molar-refractivity contribution is 7.94. The van der Waals surface area contributed by atoms with Gasteiger partial charge in [-0.2, -0.15) is 0 Å². The van der Waals surface area contributed by atoms with E-state index in [0.29, 0.717) is 0 Å². The fourth-order valence-corrected chi connectivity index (χ4v) is 6.69. The molecule has 3 aromatic carbocycles. The molecule has 0 heterocycles. The molecule has 0 fully saturated rings. The molecule has 1 aliphatic rings. The molecular formula is C36H41N3O8S. The van der Waals surface area contributed by atoms with Crippen LogP contribution in [0.3, 0.4) is 0 Å². The van der Waals surface area contributed by atoms with E-state index < -0.39 is 64.2 Å². The Morgan fingerprint density at radius 1 is 0.750 bits per heavy atom. The molecule has 48 heavy (non-hydrogen) atoms. The van der Waals surface area contributed by atoms with E-state index in [1.54, 1.807) is 45.9 Å². The molecular weight excluding hydrogens is 634 g/mol. The highest BCUT2D eigenvalue weighted by Crippen LogP contribution is 2.44. The Kier molecular flexibility index (Phi) is 11.8. The molecule has 0 bridgehead atoms. The minimum Gasteiger partial charge on any atom is -0.481 e. The highest BCUT2D eigenvalue weighted by atomic mass is 32.2. The van der Waals surface area contributed by atoms with Crippen molar-refractivity contribution < 1.29 is 37.4 Å². The molecule has 11 nitrogen and oxygen atoms in total. The quantitative estimate of drug-likeness (QED) is 0.192. The lowest BCUT2D eigenvalue weighted by atomic mass is 9.98. The van der Waals surface area contributed by atoms with Gasteiger partial charge in [0, 0.05) is 11.3 Å². The molecule has 1 aliphatic carbocycles. The molecule has 254 valence electrons. The second-order valence-electron chi connectivity index (χ2n) is 12.3. The van der Waals surface area contributed by atoms with Gasteiger partial charge in [-0.3, -0.25) is 14.4 Å². The number of nitrogens with one attached hydrogen (secondary N) is 3. The standard InChI is InChI=1S/C36H41N3O8S/c1-22(2)32(34(42)37-24(20-31(40)41)18-19-48(45,46)25-12-6-5-7-13-25)38-35(43)33(23(3)4)39-36(44)47-21-30-28-16-10-8-14-26(28)27-15-9-11-17-29(27)30/h5-19,22-24,30,32-33H,20-21H2,1-4H3,(H,37,42)(H,38,43)(H,39,44)(H,40,41)/b19-18+/t24-,32+,33+/m1/s1. The number of sulfone groups is 1. The second kappa shape index (κ2) is 15.7. The van der Waals surface area contributed by atoms with Crippen molar-refractivity contribution >= 4 is 33.7 Å². The maximum Gasteiger partial charge on any atom is 0.407 e. The number of benzene rings is 3. The van der Waals surface area contributed by atoms with Gasteiger partial charge in [0.25, 0.3) is 0 Å². The van der Waals surface area contributed by atoms with Gasteiger partial charge in [-0.25, -0.2) is 13.2 Å². The molecule has 3 aromatic rings. The SMILES string of the molecule is CC(C)[C@H](NC(=O)OCC1c2ccccc2-c2ccccc21)C(=O)N[C@H](C(=O)N[C@H](/C=C/S(=O)(=O)c1ccccc1)CC(=O)O)C(C)C. The van der Waals surface area contributed by atoms with Gasteiger partial charge in [0.05, 0.1) is 17.4 Å². The number of aliphatic carboxylic acids is 1. The molecule has 0 saturated heterocycles. The number of ether oxygens (including phenoxy) is 1. The Morgan fingerprint density at radius 3 is 1.79 bits per heavy atom. The lowest BCUT2D eigenvalue weighted by Crippen LogP contribution is -2.57. The summed E-state index contributed by atoms with van der Waals surface area (Å²) in [5.74, 6) is -3.61. The van der Waals surface area contributed by atoms with Crippen LogP contribution in [0.4, 0.5) is 4.79 Å². The maximum absolute atomic E-state index is 13.5. The third-order valence-corrected chi connectivity index (χ3v) is 9.54. The second-order valence-corrected chi connectivity index (χ2v) is 14.2. The molecule has 0 saturated carbocycles. The lowest BCUT2D eigenvalue weighted by molar-refractivity contribution is -0.137. The topological polar surface area (TPSA) is 168 Å². The molecule has 4 N–H and O–H groups in total. The van der Waals surface area contributed by atoms with Crippen molar-refractivity contribution in [1.29, 1.82) is 0 Å². The van der Waals surface area contributed by atoms with Crippen molar-refractivity contribution in [1.82, 2.24) is 16.0 Å². The summed E-state index contributed by atoms with van der Waals surface area (Å²) in [5, 5.41) is 18.1. The smallest absolute Gasteiger partial charge is 0.407 e. The van der Waals surface area contributed by atoms with Crippen LogP contribution in [-0.4, -0.2) is 62.1 Å². The number of carboxylic acid groups (broad SMARTS) is 1. The monoisotopic (exact) mass is 675 g/mol. The summed E-state index contributed by atoms with van der Waals surface area (Å²) in [7, 11) is -3.90. The third-order valence-electron chi connectivity index (χ3n) is 8.10. The minimum absolute atomic E-state index is 0.0117. The van der Waals surface area contributed by atoms with Gasteiger partial charge in [0.1, 0.15) is 18.7 Å². The van der Waals surface area contributed by atoms with E-state index in [2.05, 4.69) is 16.0 Å². The van der Waals surface area contributed by atoms with E-state index in [4.69, 9.17) is 4.74 Å². The van der Waals surface area contributed by atoms with E-state index in [0.717, 1.165) is 33.7 Å². The van der Waals surface area contributed by atoms with Crippen molar-refractivity contribution in [2.45, 2.75) is 63.1 Å². The molecule has 4 rings (SSSR count). The minimum atomic E-state index is -3.90. The highest BCUT2D eigenvalue weighted by Gasteiger charge is 2.33. The molecule has 3 atom stereocenters. The first-order chi connectivity index (χ1) is 22.8. The number of hydrogen-bond acceptors (Lipinski definition) is 7. The summed E-state index contributed by atoms with van der Waals surface area (Å²) in [6, 6.07) is 20.1. The van der Waals surface area contributed by atoms with Crippen molar-refractivity contribution in [2.75, 3.05) is 6.61 Å².